The number of aromatic nitrogens is 4. The van der Waals surface area contributed by atoms with Gasteiger partial charge in [0.2, 0.25) is 0 Å². The van der Waals surface area contributed by atoms with Gasteiger partial charge in [-0.3, -0.25) is 4.79 Å². The van der Waals surface area contributed by atoms with E-state index in [-0.39, 0.29) is 18.9 Å². The van der Waals surface area contributed by atoms with Crippen LogP contribution in [0.15, 0.2) is 36.5 Å². The summed E-state index contributed by atoms with van der Waals surface area (Å²) in [6.07, 6.45) is 2.43. The molecule has 4 aromatic rings. The highest BCUT2D eigenvalue weighted by Crippen LogP contribution is 2.37. The molecule has 2 atom stereocenters. The van der Waals surface area contributed by atoms with Crippen LogP contribution in [0.3, 0.4) is 0 Å². The number of pyridine rings is 1. The number of carboxylic acid groups (broad SMARTS) is 1. The summed E-state index contributed by atoms with van der Waals surface area (Å²) in [5.74, 6) is 1.65. The molecule has 0 radical (unpaired) electrons. The molecule has 0 spiro atoms. The largest absolute Gasteiger partial charge is 0.494 e. The topological polar surface area (TPSA) is 135 Å². The number of hydrogen-bond donors (Lipinski definition) is 3. The average molecular weight is 519 g/mol. The van der Waals surface area contributed by atoms with Crippen LogP contribution in [-0.4, -0.2) is 78.6 Å². The molecule has 3 aromatic heterocycles. The molecule has 2 amide bonds. The second-order valence-corrected chi connectivity index (χ2v) is 10.2. The summed E-state index contributed by atoms with van der Waals surface area (Å²) in [4.78, 5) is 35.8. The lowest BCUT2D eigenvalue weighted by Gasteiger charge is -2.36. The molecule has 6 rings (SSSR count). The summed E-state index contributed by atoms with van der Waals surface area (Å²) in [5.41, 5.74) is 3.69. The van der Waals surface area contributed by atoms with Crippen molar-refractivity contribution in [2.24, 2.45) is 13.0 Å². The number of likely N-dealkylation sites (tertiary alicyclic amines) is 1. The molecule has 3 N–H and O–H groups in total. The average Bonchev–Trinajstić information content (AvgIpc) is 3.57. The normalized spacial score (nSPS) is 19.7. The third kappa shape index (κ3) is 4.22. The summed E-state index contributed by atoms with van der Waals surface area (Å²) in [6.45, 7) is 1.28. The molecule has 198 valence electrons. The van der Waals surface area contributed by atoms with Crippen molar-refractivity contribution in [1.29, 1.82) is 0 Å². The summed E-state index contributed by atoms with van der Waals surface area (Å²) in [5, 5.41) is 22.6. The number of amides is 2. The van der Waals surface area contributed by atoms with Crippen LogP contribution in [0, 0.1) is 5.92 Å². The standard InChI is InChI=1S/C27H30N6O5/c1-31-23-18(29-25(31)20-11-16-4-3-8-28-24(16)33(20)13-15-5-6-15)10-17(12-22(23)38-2)26(35)32-9-7-21(34)19(14-32)30-27(36)37/h3-4,8,10-12,15,19,21,30,34H,5-7,9,13-14H2,1-2H3,(H,36,37)/t19-,21+/m0/s1. The Labute approximate surface area is 218 Å². The number of rotatable bonds is 6. The molecule has 11 heteroatoms. The van der Waals surface area contributed by atoms with E-state index in [1.165, 1.54) is 12.8 Å². The van der Waals surface area contributed by atoms with Gasteiger partial charge in [-0.15, -0.1) is 0 Å². The molecule has 1 aliphatic heterocycles. The first-order valence-electron chi connectivity index (χ1n) is 12.8. The molecule has 11 nitrogen and oxygen atoms in total. The van der Waals surface area contributed by atoms with Crippen molar-refractivity contribution in [2.45, 2.75) is 38.0 Å². The Morgan fingerprint density at radius 3 is 2.76 bits per heavy atom. The lowest BCUT2D eigenvalue weighted by atomic mass is 10.0. The highest BCUT2D eigenvalue weighted by Gasteiger charge is 2.32. The fourth-order valence-electron chi connectivity index (χ4n) is 5.44. The van der Waals surface area contributed by atoms with E-state index in [1.54, 1.807) is 24.1 Å². The van der Waals surface area contributed by atoms with Gasteiger partial charge in [0.15, 0.2) is 5.82 Å². The van der Waals surface area contributed by atoms with Gasteiger partial charge in [0.25, 0.3) is 5.91 Å². The SMILES string of the molecule is COc1cc(C(=O)N2CC[C@@H](O)[C@@H](NC(=O)O)C2)cc2nc(-c3cc4cccnc4n3CC3CC3)n(C)c12. The van der Waals surface area contributed by atoms with E-state index >= 15 is 0 Å². The van der Waals surface area contributed by atoms with Gasteiger partial charge in [0.1, 0.15) is 16.9 Å². The summed E-state index contributed by atoms with van der Waals surface area (Å²) < 4.78 is 9.94. The highest BCUT2D eigenvalue weighted by atomic mass is 16.5. The molecule has 1 saturated carbocycles. The maximum absolute atomic E-state index is 13.5. The van der Waals surface area contributed by atoms with Crippen molar-refractivity contribution in [1.82, 2.24) is 29.3 Å². The third-order valence-electron chi connectivity index (χ3n) is 7.60. The van der Waals surface area contributed by atoms with Gasteiger partial charge in [-0.25, -0.2) is 14.8 Å². The van der Waals surface area contributed by atoms with Crippen molar-refractivity contribution in [3.63, 3.8) is 0 Å². The van der Waals surface area contributed by atoms with E-state index in [2.05, 4.69) is 27.0 Å². The molecule has 4 heterocycles. The Morgan fingerprint density at radius 1 is 1.21 bits per heavy atom. The molecule has 2 aliphatic rings. The van der Waals surface area contributed by atoms with Gasteiger partial charge >= 0.3 is 6.09 Å². The van der Waals surface area contributed by atoms with E-state index in [4.69, 9.17) is 14.8 Å². The highest BCUT2D eigenvalue weighted by molar-refractivity contribution is 6.00. The molecule has 1 aliphatic carbocycles. The molecular weight excluding hydrogens is 488 g/mol. The number of ether oxygens (including phenoxy) is 1. The number of hydrogen-bond acceptors (Lipinski definition) is 6. The maximum Gasteiger partial charge on any atom is 0.405 e. The van der Waals surface area contributed by atoms with E-state index < -0.39 is 18.2 Å². The van der Waals surface area contributed by atoms with Gasteiger partial charge < -0.3 is 34.3 Å². The number of nitrogens with one attached hydrogen (secondary N) is 1. The predicted molar refractivity (Wildman–Crippen MR) is 140 cm³/mol. The first-order chi connectivity index (χ1) is 18.3. The lowest BCUT2D eigenvalue weighted by Crippen LogP contribution is -2.56. The van der Waals surface area contributed by atoms with Crippen LogP contribution < -0.4 is 10.1 Å². The summed E-state index contributed by atoms with van der Waals surface area (Å²) >= 11 is 0. The number of fused-ring (bicyclic) bond motifs is 2. The fraction of sp³-hybridized carbons (Fsp3) is 0.407. The number of aliphatic hydroxyl groups is 1. The third-order valence-corrected chi connectivity index (χ3v) is 7.60. The van der Waals surface area contributed by atoms with E-state index in [1.807, 2.05) is 23.9 Å². The number of carbonyl (C=O) groups is 2. The van der Waals surface area contributed by atoms with Crippen molar-refractivity contribution in [2.75, 3.05) is 20.2 Å². The van der Waals surface area contributed by atoms with Gasteiger partial charge in [0.05, 0.1) is 30.5 Å². The Morgan fingerprint density at radius 2 is 2.03 bits per heavy atom. The van der Waals surface area contributed by atoms with Crippen molar-refractivity contribution >= 4 is 34.1 Å². The zero-order chi connectivity index (χ0) is 26.6. The number of nitrogens with zero attached hydrogens (tertiary/aromatic N) is 5. The minimum atomic E-state index is -1.23. The van der Waals surface area contributed by atoms with Crippen molar-refractivity contribution in [3.8, 4) is 17.3 Å². The maximum atomic E-state index is 13.5. The van der Waals surface area contributed by atoms with Crippen LogP contribution in [0.2, 0.25) is 0 Å². The van der Waals surface area contributed by atoms with Gasteiger partial charge in [-0.1, -0.05) is 0 Å². The first kappa shape index (κ1) is 24.2. The molecule has 1 aromatic carbocycles. The zero-order valence-electron chi connectivity index (χ0n) is 21.3. The molecule has 0 unspecified atom stereocenters. The Hall–Kier alpha value is -4.12. The number of piperidine rings is 1. The number of methoxy groups -OCH3 is 1. The number of aryl methyl sites for hydroxylation is 1. The number of carbonyl (C=O) groups excluding carboxylic acids is 1. The number of aliphatic hydroxyl groups excluding tert-OH is 1. The zero-order valence-corrected chi connectivity index (χ0v) is 21.3. The minimum Gasteiger partial charge on any atom is -0.494 e. The molecular formula is C27H30N6O5. The van der Waals surface area contributed by atoms with Crippen LogP contribution in [-0.2, 0) is 13.6 Å². The van der Waals surface area contributed by atoms with Gasteiger partial charge in [-0.2, -0.15) is 0 Å². The molecule has 38 heavy (non-hydrogen) atoms. The number of imidazole rings is 1. The smallest absolute Gasteiger partial charge is 0.405 e. The molecule has 2 fully saturated rings. The van der Waals surface area contributed by atoms with Crippen LogP contribution in [0.1, 0.15) is 29.6 Å². The molecule has 1 saturated heterocycles. The van der Waals surface area contributed by atoms with Gasteiger partial charge in [0, 0.05) is 43.8 Å². The quantitative estimate of drug-likeness (QED) is 0.357. The van der Waals surface area contributed by atoms with E-state index in [9.17, 15) is 14.7 Å². The van der Waals surface area contributed by atoms with Crippen LogP contribution in [0.5, 0.6) is 5.75 Å². The van der Waals surface area contributed by atoms with E-state index in [0.29, 0.717) is 29.3 Å². The van der Waals surface area contributed by atoms with Crippen LogP contribution in [0.4, 0.5) is 4.79 Å². The Balaban J connectivity index is 1.40. The lowest BCUT2D eigenvalue weighted by molar-refractivity contribution is 0.0378. The Kier molecular flexibility index (Phi) is 5.94. The van der Waals surface area contributed by atoms with Crippen LogP contribution in [0.25, 0.3) is 33.6 Å². The predicted octanol–water partition coefficient (Wildman–Crippen LogP) is 2.85. The minimum absolute atomic E-state index is 0.0778. The Bertz CT molecular complexity index is 1550. The van der Waals surface area contributed by atoms with Gasteiger partial charge in [-0.05, 0) is 55.5 Å². The van der Waals surface area contributed by atoms with Crippen molar-refractivity contribution < 1.29 is 24.5 Å². The molecule has 0 bridgehead atoms. The van der Waals surface area contributed by atoms with E-state index in [0.717, 1.165) is 34.6 Å². The van der Waals surface area contributed by atoms with Crippen molar-refractivity contribution in [3.05, 3.63) is 42.1 Å². The fourth-order valence-corrected chi connectivity index (χ4v) is 5.44. The first-order valence-corrected chi connectivity index (χ1v) is 12.8. The number of benzene rings is 1. The summed E-state index contributed by atoms with van der Waals surface area (Å²) in [6, 6.07) is 8.79. The summed E-state index contributed by atoms with van der Waals surface area (Å²) in [7, 11) is 3.50. The second-order valence-electron chi connectivity index (χ2n) is 10.2. The monoisotopic (exact) mass is 518 g/mol. The second kappa shape index (κ2) is 9.32. The van der Waals surface area contributed by atoms with Crippen LogP contribution >= 0.6 is 0 Å².